The fraction of sp³-hybridized carbons (Fsp3) is 0.789. The van der Waals surface area contributed by atoms with Gasteiger partial charge in [-0.25, -0.2) is 0 Å². The average molecular weight is 355 g/mol. The highest BCUT2D eigenvalue weighted by molar-refractivity contribution is 9.09. The van der Waals surface area contributed by atoms with E-state index in [9.17, 15) is 5.11 Å². The van der Waals surface area contributed by atoms with Crippen molar-refractivity contribution in [3.63, 3.8) is 0 Å². The van der Waals surface area contributed by atoms with Gasteiger partial charge in [0.1, 0.15) is 6.10 Å². The first kappa shape index (κ1) is 20.6. The van der Waals surface area contributed by atoms with Crippen LogP contribution < -0.4 is 0 Å². The summed E-state index contributed by atoms with van der Waals surface area (Å²) in [6.45, 7) is 2.13. The van der Waals surface area contributed by atoms with Crippen molar-refractivity contribution in [2.75, 3.05) is 5.33 Å². The van der Waals surface area contributed by atoms with Crippen LogP contribution in [-0.2, 0) is 0 Å². The smallest absolute Gasteiger partial charge is 0.114 e. The molecule has 0 aromatic carbocycles. The Hall–Kier alpha value is -0.440. The van der Waals surface area contributed by atoms with Crippen LogP contribution in [0.25, 0.3) is 0 Å². The normalized spacial score (nSPS) is 11.2. The molecule has 0 heterocycles. The maximum absolute atomic E-state index is 9.57. The van der Waals surface area contributed by atoms with Crippen LogP contribution in [0.15, 0.2) is 0 Å². The number of unbranched alkanes of at least 4 members (excludes halogenated alkanes) is 8. The monoisotopic (exact) mass is 354 g/mol. The molecule has 0 aliphatic heterocycles. The van der Waals surface area contributed by atoms with Gasteiger partial charge < -0.3 is 5.11 Å². The van der Waals surface area contributed by atoms with Crippen molar-refractivity contribution in [2.45, 2.75) is 90.1 Å². The molecule has 0 fully saturated rings. The first-order valence-corrected chi connectivity index (χ1v) is 9.61. The van der Waals surface area contributed by atoms with Crippen molar-refractivity contribution < 1.29 is 5.11 Å². The summed E-state index contributed by atoms with van der Waals surface area (Å²) in [5, 5.41) is 10.6. The molecule has 0 spiro atoms. The second kappa shape index (κ2) is 17.6. The summed E-state index contributed by atoms with van der Waals surface area (Å²) >= 11 is 3.41. The zero-order valence-electron chi connectivity index (χ0n) is 13.6. The van der Waals surface area contributed by atoms with E-state index in [1.165, 1.54) is 25.7 Å². The molecule has 0 aliphatic rings. The molecule has 1 N–H and O–H groups in total. The molecule has 0 saturated carbocycles. The van der Waals surface area contributed by atoms with Gasteiger partial charge >= 0.3 is 0 Å². The minimum absolute atomic E-state index is 0.409. The summed E-state index contributed by atoms with van der Waals surface area (Å²) < 4.78 is 0. The van der Waals surface area contributed by atoms with Gasteiger partial charge in [0.25, 0.3) is 0 Å². The maximum Gasteiger partial charge on any atom is 0.114 e. The van der Waals surface area contributed by atoms with Crippen molar-refractivity contribution in [3.05, 3.63) is 0 Å². The van der Waals surface area contributed by atoms with Crippen molar-refractivity contribution in [2.24, 2.45) is 0 Å². The Labute approximate surface area is 140 Å². The number of hydrogen-bond donors (Lipinski definition) is 1. The lowest BCUT2D eigenvalue weighted by molar-refractivity contribution is 0.218. The Kier molecular flexibility index (Phi) is 17.2. The predicted octanol–water partition coefficient (Wildman–Crippen LogP) is 5.45. The van der Waals surface area contributed by atoms with Crippen LogP contribution in [0.2, 0.25) is 0 Å². The molecule has 120 valence electrons. The molecular formula is C19H31BrO. The minimum Gasteiger partial charge on any atom is -0.380 e. The first-order valence-electron chi connectivity index (χ1n) is 8.49. The Morgan fingerprint density at radius 1 is 0.810 bits per heavy atom. The van der Waals surface area contributed by atoms with E-state index in [1.807, 2.05) is 0 Å². The molecule has 0 aromatic rings. The topological polar surface area (TPSA) is 20.2 Å². The molecule has 0 aromatic heterocycles. The number of alkyl halides is 1. The lowest BCUT2D eigenvalue weighted by Gasteiger charge is -2.00. The summed E-state index contributed by atoms with van der Waals surface area (Å²) in [5.41, 5.74) is 0. The predicted molar refractivity (Wildman–Crippen MR) is 96.4 cm³/mol. The molecule has 0 radical (unpaired) electrons. The Balaban J connectivity index is 3.28. The molecule has 1 atom stereocenters. The minimum atomic E-state index is -0.409. The van der Waals surface area contributed by atoms with Crippen molar-refractivity contribution in [1.29, 1.82) is 0 Å². The van der Waals surface area contributed by atoms with Gasteiger partial charge in [0, 0.05) is 24.6 Å². The van der Waals surface area contributed by atoms with Crippen molar-refractivity contribution in [3.8, 4) is 23.7 Å². The third-order valence-corrected chi connectivity index (χ3v) is 3.82. The highest BCUT2D eigenvalue weighted by Crippen LogP contribution is 2.06. The van der Waals surface area contributed by atoms with E-state index in [0.717, 1.165) is 56.7 Å². The number of aliphatic hydroxyl groups excluding tert-OH is 1. The van der Waals surface area contributed by atoms with Gasteiger partial charge in [-0.2, -0.15) is 0 Å². The van der Waals surface area contributed by atoms with Crippen LogP contribution in [0.1, 0.15) is 84.0 Å². The quantitative estimate of drug-likeness (QED) is 0.297. The van der Waals surface area contributed by atoms with Crippen molar-refractivity contribution in [1.82, 2.24) is 0 Å². The van der Waals surface area contributed by atoms with Crippen LogP contribution in [-0.4, -0.2) is 16.5 Å². The highest BCUT2D eigenvalue weighted by atomic mass is 79.9. The van der Waals surface area contributed by atoms with Crippen LogP contribution >= 0.6 is 15.9 Å². The van der Waals surface area contributed by atoms with E-state index < -0.39 is 6.10 Å². The lowest BCUT2D eigenvalue weighted by atomic mass is 10.1. The van der Waals surface area contributed by atoms with E-state index in [0.29, 0.717) is 0 Å². The van der Waals surface area contributed by atoms with Crippen LogP contribution in [0.4, 0.5) is 0 Å². The Morgan fingerprint density at radius 2 is 1.38 bits per heavy atom. The van der Waals surface area contributed by atoms with E-state index >= 15 is 0 Å². The highest BCUT2D eigenvalue weighted by Gasteiger charge is 1.96. The standard InChI is InChI=1S/C19H31BrO/c1-2-3-16-19(21)17-14-12-10-8-6-4-5-7-9-11-13-15-18-20/h19,21H,2-8,10,12-13,15-16,18H2,1H3. The summed E-state index contributed by atoms with van der Waals surface area (Å²) in [5.74, 6) is 12.5. The Bertz CT molecular complexity index is 329. The third kappa shape index (κ3) is 17.5. The molecular weight excluding hydrogens is 324 g/mol. The number of aliphatic hydroxyl groups is 1. The molecule has 1 nitrogen and oxygen atoms in total. The van der Waals surface area contributed by atoms with E-state index in [-0.39, 0.29) is 0 Å². The van der Waals surface area contributed by atoms with Crippen molar-refractivity contribution >= 4 is 15.9 Å². The molecule has 21 heavy (non-hydrogen) atoms. The van der Waals surface area contributed by atoms with Crippen LogP contribution in [0.5, 0.6) is 0 Å². The molecule has 0 aliphatic carbocycles. The molecule has 0 amide bonds. The van der Waals surface area contributed by atoms with Gasteiger partial charge in [-0.15, -0.1) is 17.8 Å². The zero-order chi connectivity index (χ0) is 15.6. The summed E-state index contributed by atoms with van der Waals surface area (Å²) in [6, 6.07) is 0. The second-order valence-corrected chi connectivity index (χ2v) is 6.19. The third-order valence-electron chi connectivity index (χ3n) is 3.26. The zero-order valence-corrected chi connectivity index (χ0v) is 15.2. The number of halogens is 1. The molecule has 1 unspecified atom stereocenters. The fourth-order valence-corrected chi connectivity index (χ4v) is 2.23. The summed E-state index contributed by atoms with van der Waals surface area (Å²) in [4.78, 5) is 0. The van der Waals surface area contributed by atoms with Gasteiger partial charge in [-0.1, -0.05) is 60.9 Å². The first-order chi connectivity index (χ1) is 10.3. The summed E-state index contributed by atoms with van der Waals surface area (Å²) in [6.07, 6.45) is 12.9. The van der Waals surface area contributed by atoms with Gasteiger partial charge in [-0.3, -0.25) is 0 Å². The van der Waals surface area contributed by atoms with E-state index in [4.69, 9.17) is 0 Å². The number of hydrogen-bond acceptors (Lipinski definition) is 1. The number of rotatable bonds is 11. The van der Waals surface area contributed by atoms with Gasteiger partial charge in [-0.05, 0) is 25.7 Å². The molecule has 0 saturated heterocycles. The molecule has 0 rings (SSSR count). The van der Waals surface area contributed by atoms with Crippen LogP contribution in [0, 0.1) is 23.7 Å². The van der Waals surface area contributed by atoms with Gasteiger partial charge in [0.15, 0.2) is 0 Å². The van der Waals surface area contributed by atoms with E-state index in [1.54, 1.807) is 0 Å². The van der Waals surface area contributed by atoms with Crippen LogP contribution in [0.3, 0.4) is 0 Å². The largest absolute Gasteiger partial charge is 0.380 e. The van der Waals surface area contributed by atoms with Gasteiger partial charge in [0.05, 0.1) is 0 Å². The van der Waals surface area contributed by atoms with E-state index in [2.05, 4.69) is 46.5 Å². The SMILES string of the molecule is CCCCC(O)C#CCCCCCCCC#CCCCBr. The van der Waals surface area contributed by atoms with Gasteiger partial charge in [0.2, 0.25) is 0 Å². The Morgan fingerprint density at radius 3 is 2.00 bits per heavy atom. The second-order valence-electron chi connectivity index (χ2n) is 5.39. The lowest BCUT2D eigenvalue weighted by Crippen LogP contribution is -2.01. The summed E-state index contributed by atoms with van der Waals surface area (Å²) in [7, 11) is 0. The maximum atomic E-state index is 9.57. The molecule has 0 bridgehead atoms. The molecule has 2 heteroatoms. The fourth-order valence-electron chi connectivity index (χ4n) is 1.95. The average Bonchev–Trinajstić information content (AvgIpc) is 2.49.